The van der Waals surface area contributed by atoms with Gasteiger partial charge in [-0.3, -0.25) is 0 Å². The van der Waals surface area contributed by atoms with E-state index in [1.165, 1.54) is 25.7 Å². The highest BCUT2D eigenvalue weighted by Crippen LogP contribution is 2.17. The van der Waals surface area contributed by atoms with Crippen LogP contribution in [-0.2, 0) is 0 Å². The van der Waals surface area contributed by atoms with Crippen molar-refractivity contribution in [3.05, 3.63) is 0 Å². The van der Waals surface area contributed by atoms with Gasteiger partial charge in [0.25, 0.3) is 0 Å². The summed E-state index contributed by atoms with van der Waals surface area (Å²) in [5, 5.41) is 18.7. The average Bonchev–Trinajstić information content (AvgIpc) is 2.34. The van der Waals surface area contributed by atoms with Crippen molar-refractivity contribution in [3.63, 3.8) is 0 Å². The van der Waals surface area contributed by atoms with Gasteiger partial charge in [0, 0.05) is 6.61 Å². The molecule has 2 N–H and O–H groups in total. The molecule has 0 rings (SSSR count). The van der Waals surface area contributed by atoms with Crippen LogP contribution < -0.4 is 0 Å². The van der Waals surface area contributed by atoms with Gasteiger partial charge in [-0.15, -0.1) is 0 Å². The predicted molar refractivity (Wildman–Crippen MR) is 78.6 cm³/mol. The highest BCUT2D eigenvalue weighted by Gasteiger charge is 2.06. The molecule has 3 atom stereocenters. The molecule has 0 aromatic carbocycles. The van der Waals surface area contributed by atoms with E-state index in [0.29, 0.717) is 12.5 Å². The first-order valence-electron chi connectivity index (χ1n) is 7.89. The monoisotopic (exact) mass is 258 g/mol. The molecule has 0 aromatic heterocycles. The Balaban J connectivity index is 3.34. The lowest BCUT2D eigenvalue weighted by atomic mass is 9.96. The third-order valence-electron chi connectivity index (χ3n) is 4.04. The Morgan fingerprint density at radius 1 is 0.778 bits per heavy atom. The first-order valence-corrected chi connectivity index (χ1v) is 7.89. The van der Waals surface area contributed by atoms with Gasteiger partial charge in [-0.2, -0.15) is 0 Å². The lowest BCUT2D eigenvalue weighted by Gasteiger charge is -2.13. The molecule has 0 fully saturated rings. The largest absolute Gasteiger partial charge is 0.396 e. The van der Waals surface area contributed by atoms with Crippen LogP contribution in [0.2, 0.25) is 0 Å². The first-order chi connectivity index (χ1) is 8.60. The average molecular weight is 258 g/mol. The maximum absolute atomic E-state index is 9.86. The number of rotatable bonds is 12. The zero-order valence-electron chi connectivity index (χ0n) is 12.7. The lowest BCUT2D eigenvalue weighted by molar-refractivity contribution is 0.144. The molecule has 18 heavy (non-hydrogen) atoms. The number of unbranched alkanes of at least 4 members (excludes halogenated alkanes) is 1. The van der Waals surface area contributed by atoms with Crippen molar-refractivity contribution >= 4 is 0 Å². The molecule has 0 bridgehead atoms. The van der Waals surface area contributed by atoms with Gasteiger partial charge in [0.05, 0.1) is 6.10 Å². The van der Waals surface area contributed by atoms with Crippen LogP contribution in [0.4, 0.5) is 0 Å². The third-order valence-corrected chi connectivity index (χ3v) is 4.04. The third kappa shape index (κ3) is 11.0. The molecule has 0 aliphatic carbocycles. The molecule has 0 radical (unpaired) electrons. The summed E-state index contributed by atoms with van der Waals surface area (Å²) in [5.74, 6) is 1.43. The number of aliphatic hydroxyl groups is 2. The lowest BCUT2D eigenvalue weighted by Crippen LogP contribution is -2.07. The second-order valence-corrected chi connectivity index (χ2v) is 6.00. The van der Waals surface area contributed by atoms with E-state index in [9.17, 15) is 5.11 Å². The van der Waals surface area contributed by atoms with E-state index in [1.807, 2.05) is 0 Å². The molecule has 0 saturated carbocycles. The van der Waals surface area contributed by atoms with Crippen LogP contribution in [0, 0.1) is 11.8 Å². The Hall–Kier alpha value is -0.0800. The van der Waals surface area contributed by atoms with Gasteiger partial charge in [0.15, 0.2) is 0 Å². The van der Waals surface area contributed by atoms with E-state index in [-0.39, 0.29) is 6.10 Å². The van der Waals surface area contributed by atoms with Crippen molar-refractivity contribution < 1.29 is 10.2 Å². The molecule has 0 spiro atoms. The maximum atomic E-state index is 9.86. The van der Waals surface area contributed by atoms with Gasteiger partial charge in [-0.25, -0.2) is 0 Å². The van der Waals surface area contributed by atoms with E-state index >= 15 is 0 Å². The predicted octanol–water partition coefficient (Wildman–Crippen LogP) is 4.14. The second kappa shape index (κ2) is 12.0. The fourth-order valence-corrected chi connectivity index (χ4v) is 2.29. The minimum absolute atomic E-state index is 0.0952. The number of hydrogen-bond acceptors (Lipinski definition) is 2. The van der Waals surface area contributed by atoms with Crippen LogP contribution in [0.5, 0.6) is 0 Å². The fourth-order valence-electron chi connectivity index (χ4n) is 2.29. The van der Waals surface area contributed by atoms with Gasteiger partial charge in [0.2, 0.25) is 0 Å². The van der Waals surface area contributed by atoms with Crippen molar-refractivity contribution in [2.24, 2.45) is 11.8 Å². The highest BCUT2D eigenvalue weighted by molar-refractivity contribution is 4.60. The second-order valence-electron chi connectivity index (χ2n) is 6.00. The highest BCUT2D eigenvalue weighted by atomic mass is 16.3. The Bertz CT molecular complexity index is 170. The Kier molecular flexibility index (Phi) is 11.9. The summed E-state index contributed by atoms with van der Waals surface area (Å²) in [6.07, 6.45) is 9.89. The molecular weight excluding hydrogens is 224 g/mol. The van der Waals surface area contributed by atoms with E-state index in [1.54, 1.807) is 0 Å². The summed E-state index contributed by atoms with van der Waals surface area (Å²) in [5.41, 5.74) is 0. The molecule has 110 valence electrons. The molecule has 0 amide bonds. The number of hydrogen-bond donors (Lipinski definition) is 2. The summed E-state index contributed by atoms with van der Waals surface area (Å²) in [6.45, 7) is 7.02. The summed E-state index contributed by atoms with van der Waals surface area (Å²) in [6, 6.07) is 0. The van der Waals surface area contributed by atoms with Crippen molar-refractivity contribution in [3.8, 4) is 0 Å². The van der Waals surface area contributed by atoms with Gasteiger partial charge in [-0.1, -0.05) is 59.3 Å². The van der Waals surface area contributed by atoms with Crippen LogP contribution in [0.1, 0.15) is 78.6 Å². The van der Waals surface area contributed by atoms with Crippen LogP contribution in [0.3, 0.4) is 0 Å². The molecule has 0 heterocycles. The van der Waals surface area contributed by atoms with Gasteiger partial charge >= 0.3 is 0 Å². The molecule has 0 aliphatic heterocycles. The topological polar surface area (TPSA) is 40.5 Å². The maximum Gasteiger partial charge on any atom is 0.0540 e. The summed E-state index contributed by atoms with van der Waals surface area (Å²) in [7, 11) is 0. The van der Waals surface area contributed by atoms with Crippen LogP contribution in [0.15, 0.2) is 0 Å². The summed E-state index contributed by atoms with van der Waals surface area (Å²) < 4.78 is 0. The van der Waals surface area contributed by atoms with Crippen LogP contribution in [-0.4, -0.2) is 22.9 Å². The Morgan fingerprint density at radius 2 is 1.33 bits per heavy atom. The molecule has 2 heteroatoms. The molecule has 0 aromatic rings. The molecule has 0 saturated heterocycles. The molecule has 2 nitrogen and oxygen atoms in total. The Labute approximate surface area is 114 Å². The zero-order chi connectivity index (χ0) is 13.8. The van der Waals surface area contributed by atoms with Crippen molar-refractivity contribution in [2.45, 2.75) is 84.7 Å². The number of aliphatic hydroxyl groups excluding tert-OH is 2. The van der Waals surface area contributed by atoms with Gasteiger partial charge < -0.3 is 10.2 Å². The minimum Gasteiger partial charge on any atom is -0.396 e. The van der Waals surface area contributed by atoms with Crippen LogP contribution >= 0.6 is 0 Å². The van der Waals surface area contributed by atoms with Gasteiger partial charge in [-0.05, 0) is 31.1 Å². The zero-order valence-corrected chi connectivity index (χ0v) is 12.7. The molecule has 0 aliphatic rings. The first kappa shape index (κ1) is 17.9. The smallest absolute Gasteiger partial charge is 0.0540 e. The van der Waals surface area contributed by atoms with Crippen molar-refractivity contribution in [2.75, 3.05) is 6.61 Å². The fraction of sp³-hybridized carbons (Fsp3) is 1.00. The van der Waals surface area contributed by atoms with Gasteiger partial charge in [0.1, 0.15) is 0 Å². The van der Waals surface area contributed by atoms with E-state index in [4.69, 9.17) is 5.11 Å². The standard InChI is InChI=1S/C16H34O2/c1-4-14(2)9-7-11-16(18)10-6-5-8-15(3)12-13-17/h14-18H,4-13H2,1-3H3. The summed E-state index contributed by atoms with van der Waals surface area (Å²) >= 11 is 0. The Morgan fingerprint density at radius 3 is 1.94 bits per heavy atom. The van der Waals surface area contributed by atoms with Crippen LogP contribution in [0.25, 0.3) is 0 Å². The molecule has 3 unspecified atom stereocenters. The normalized spacial score (nSPS) is 16.5. The van der Waals surface area contributed by atoms with Crippen molar-refractivity contribution in [1.82, 2.24) is 0 Å². The van der Waals surface area contributed by atoms with E-state index in [2.05, 4.69) is 20.8 Å². The minimum atomic E-state index is -0.0952. The summed E-state index contributed by atoms with van der Waals surface area (Å²) in [4.78, 5) is 0. The SMILES string of the molecule is CCC(C)CCCC(O)CCCCC(C)CCO. The van der Waals surface area contributed by atoms with E-state index < -0.39 is 0 Å². The van der Waals surface area contributed by atoms with Crippen molar-refractivity contribution in [1.29, 1.82) is 0 Å². The molecular formula is C16H34O2. The quantitative estimate of drug-likeness (QED) is 0.516. The van der Waals surface area contributed by atoms with E-state index in [0.717, 1.165) is 38.0 Å².